The van der Waals surface area contributed by atoms with Crippen molar-refractivity contribution in [2.75, 3.05) is 29.9 Å². The molecule has 0 aliphatic carbocycles. The number of hydrogen-bond donors (Lipinski definition) is 2. The SMILES string of the molecule is CC[C@H]1CN(c2cc(C)cc(-c3ccnc4c3[C@H](C(F)F)OC(=O)N4)n2)CCN1. The Morgan fingerprint density at radius 3 is 2.97 bits per heavy atom. The molecule has 2 aromatic heterocycles. The number of nitrogens with one attached hydrogen (secondary N) is 2. The van der Waals surface area contributed by atoms with Gasteiger partial charge in [0.15, 0.2) is 6.10 Å². The Labute approximate surface area is 167 Å². The van der Waals surface area contributed by atoms with E-state index in [2.05, 4.69) is 27.4 Å². The molecule has 2 aromatic rings. The number of anilines is 2. The monoisotopic (exact) mass is 403 g/mol. The number of amides is 1. The van der Waals surface area contributed by atoms with Gasteiger partial charge in [-0.1, -0.05) is 6.92 Å². The fourth-order valence-electron chi connectivity index (χ4n) is 3.82. The van der Waals surface area contributed by atoms with E-state index in [1.54, 1.807) is 6.07 Å². The van der Waals surface area contributed by atoms with Gasteiger partial charge in [0.25, 0.3) is 6.43 Å². The number of ether oxygens (including phenoxy) is 1. The average molecular weight is 403 g/mol. The fraction of sp³-hybridized carbons (Fsp3) is 0.450. The van der Waals surface area contributed by atoms with Crippen LogP contribution in [0.4, 0.5) is 25.2 Å². The molecule has 0 unspecified atom stereocenters. The molecule has 4 rings (SSSR count). The van der Waals surface area contributed by atoms with Crippen molar-refractivity contribution in [2.45, 2.75) is 38.8 Å². The van der Waals surface area contributed by atoms with E-state index in [4.69, 9.17) is 9.72 Å². The minimum Gasteiger partial charge on any atom is -0.435 e. The van der Waals surface area contributed by atoms with Crippen LogP contribution in [0.1, 0.15) is 30.6 Å². The predicted molar refractivity (Wildman–Crippen MR) is 105 cm³/mol. The first kappa shape index (κ1) is 19.5. The van der Waals surface area contributed by atoms with Crippen LogP contribution in [0.25, 0.3) is 11.3 Å². The quantitative estimate of drug-likeness (QED) is 0.813. The molecule has 2 aliphatic heterocycles. The van der Waals surface area contributed by atoms with Gasteiger partial charge in [-0.15, -0.1) is 0 Å². The summed E-state index contributed by atoms with van der Waals surface area (Å²) in [6, 6.07) is 5.86. The highest BCUT2D eigenvalue weighted by molar-refractivity contribution is 5.89. The summed E-state index contributed by atoms with van der Waals surface area (Å²) in [4.78, 5) is 22.7. The number of cyclic esters (lactones) is 1. The summed E-state index contributed by atoms with van der Waals surface area (Å²) in [5.41, 5.74) is 2.15. The summed E-state index contributed by atoms with van der Waals surface area (Å²) in [5, 5.41) is 5.88. The average Bonchev–Trinajstić information content (AvgIpc) is 2.72. The van der Waals surface area contributed by atoms with E-state index in [-0.39, 0.29) is 11.4 Å². The van der Waals surface area contributed by atoms with Crippen LogP contribution < -0.4 is 15.5 Å². The second-order valence-electron chi connectivity index (χ2n) is 7.30. The molecule has 7 nitrogen and oxygen atoms in total. The third kappa shape index (κ3) is 3.87. The zero-order chi connectivity index (χ0) is 20.5. The van der Waals surface area contributed by atoms with Gasteiger partial charge in [0, 0.05) is 37.4 Å². The second-order valence-corrected chi connectivity index (χ2v) is 7.30. The molecule has 2 aliphatic rings. The standard InChI is InChI=1S/C20H23F2N5O2/c1-3-12-10-27(7-6-23-12)15-9-11(2)8-14(25-15)13-4-5-24-19-16(13)17(18(21)22)29-20(28)26-19/h4-5,8-9,12,17-18,23H,3,6-7,10H2,1-2H3,(H,24,26,28)/t12-,17+/m0/s1. The molecule has 1 amide bonds. The summed E-state index contributed by atoms with van der Waals surface area (Å²) < 4.78 is 32.1. The highest BCUT2D eigenvalue weighted by Gasteiger charge is 2.37. The molecule has 0 radical (unpaired) electrons. The number of hydrogen-bond acceptors (Lipinski definition) is 6. The van der Waals surface area contributed by atoms with Crippen LogP contribution in [-0.2, 0) is 4.74 Å². The summed E-state index contributed by atoms with van der Waals surface area (Å²) >= 11 is 0. The number of piperazine rings is 1. The Morgan fingerprint density at radius 2 is 2.21 bits per heavy atom. The van der Waals surface area contributed by atoms with E-state index in [1.165, 1.54) is 6.20 Å². The van der Waals surface area contributed by atoms with Crippen LogP contribution in [-0.4, -0.2) is 48.2 Å². The molecule has 154 valence electrons. The first-order chi connectivity index (χ1) is 14.0. The largest absolute Gasteiger partial charge is 0.435 e. The van der Waals surface area contributed by atoms with Crippen molar-refractivity contribution in [3.63, 3.8) is 0 Å². The maximum Gasteiger partial charge on any atom is 0.413 e. The van der Waals surface area contributed by atoms with Gasteiger partial charge in [-0.25, -0.2) is 23.5 Å². The predicted octanol–water partition coefficient (Wildman–Crippen LogP) is 3.51. The summed E-state index contributed by atoms with van der Waals surface area (Å²) in [6.07, 6.45) is -3.00. The van der Waals surface area contributed by atoms with Gasteiger partial charge in [-0.2, -0.15) is 0 Å². The Morgan fingerprint density at radius 1 is 1.38 bits per heavy atom. The summed E-state index contributed by atoms with van der Waals surface area (Å²) in [7, 11) is 0. The molecule has 1 saturated heterocycles. The van der Waals surface area contributed by atoms with Gasteiger partial charge >= 0.3 is 6.09 Å². The first-order valence-electron chi connectivity index (χ1n) is 9.68. The van der Waals surface area contributed by atoms with Crippen LogP contribution in [0.2, 0.25) is 0 Å². The zero-order valence-electron chi connectivity index (χ0n) is 16.3. The number of alkyl halides is 2. The third-order valence-electron chi connectivity index (χ3n) is 5.26. The maximum atomic E-state index is 13.6. The third-order valence-corrected chi connectivity index (χ3v) is 5.26. The van der Waals surface area contributed by atoms with Crippen molar-refractivity contribution in [2.24, 2.45) is 0 Å². The molecule has 2 N–H and O–H groups in total. The van der Waals surface area contributed by atoms with Crippen LogP contribution in [0.5, 0.6) is 0 Å². The van der Waals surface area contributed by atoms with Gasteiger partial charge in [0.1, 0.15) is 11.6 Å². The van der Waals surface area contributed by atoms with Crippen molar-refractivity contribution in [1.82, 2.24) is 15.3 Å². The Kier molecular flexibility index (Phi) is 5.31. The van der Waals surface area contributed by atoms with Gasteiger partial charge < -0.3 is 15.0 Å². The van der Waals surface area contributed by atoms with Crippen molar-refractivity contribution in [1.29, 1.82) is 0 Å². The minimum atomic E-state index is -2.87. The molecule has 2 atom stereocenters. The Bertz CT molecular complexity index is 924. The molecule has 0 bridgehead atoms. The molecule has 0 spiro atoms. The number of fused-ring (bicyclic) bond motifs is 1. The van der Waals surface area contributed by atoms with E-state index in [0.717, 1.165) is 37.4 Å². The number of nitrogens with zero attached hydrogens (tertiary/aromatic N) is 3. The highest BCUT2D eigenvalue weighted by Crippen LogP contribution is 2.40. The number of carbonyl (C=O) groups is 1. The zero-order valence-corrected chi connectivity index (χ0v) is 16.3. The van der Waals surface area contributed by atoms with Crippen LogP contribution in [0, 0.1) is 6.92 Å². The lowest BCUT2D eigenvalue weighted by molar-refractivity contribution is -0.0168. The summed E-state index contributed by atoms with van der Waals surface area (Å²) in [5.74, 6) is 0.891. The van der Waals surface area contributed by atoms with Crippen LogP contribution in [0.3, 0.4) is 0 Å². The van der Waals surface area contributed by atoms with Crippen LogP contribution in [0.15, 0.2) is 24.4 Å². The Hall–Kier alpha value is -2.81. The molecule has 0 aromatic carbocycles. The molecule has 1 fully saturated rings. The molecule has 0 saturated carbocycles. The smallest absolute Gasteiger partial charge is 0.413 e. The Balaban J connectivity index is 1.77. The van der Waals surface area contributed by atoms with E-state index in [1.807, 2.05) is 19.1 Å². The summed E-state index contributed by atoms with van der Waals surface area (Å²) in [6.45, 7) is 6.60. The van der Waals surface area contributed by atoms with Gasteiger partial charge in [0.2, 0.25) is 0 Å². The molecule has 9 heteroatoms. The van der Waals surface area contributed by atoms with Gasteiger partial charge in [0.05, 0.1) is 11.3 Å². The van der Waals surface area contributed by atoms with Gasteiger partial charge in [-0.05, 0) is 37.1 Å². The lowest BCUT2D eigenvalue weighted by Gasteiger charge is -2.34. The molecular weight excluding hydrogens is 380 g/mol. The minimum absolute atomic E-state index is 0.0853. The lowest BCUT2D eigenvalue weighted by atomic mass is 9.98. The number of carbonyl (C=O) groups excluding carboxylic acids is 1. The highest BCUT2D eigenvalue weighted by atomic mass is 19.3. The second kappa shape index (κ2) is 7.90. The van der Waals surface area contributed by atoms with Crippen molar-refractivity contribution in [3.8, 4) is 11.3 Å². The maximum absolute atomic E-state index is 13.6. The van der Waals surface area contributed by atoms with E-state index >= 15 is 0 Å². The van der Waals surface area contributed by atoms with E-state index in [0.29, 0.717) is 17.3 Å². The normalized spacial score (nSPS) is 21.6. The number of aryl methyl sites for hydroxylation is 1. The molecule has 29 heavy (non-hydrogen) atoms. The van der Waals surface area contributed by atoms with E-state index < -0.39 is 18.6 Å². The van der Waals surface area contributed by atoms with Crippen molar-refractivity contribution < 1.29 is 18.3 Å². The van der Waals surface area contributed by atoms with E-state index in [9.17, 15) is 13.6 Å². The molecular formula is C20H23F2N5O2. The van der Waals surface area contributed by atoms with Gasteiger partial charge in [-0.3, -0.25) is 5.32 Å². The lowest BCUT2D eigenvalue weighted by Crippen LogP contribution is -2.50. The topological polar surface area (TPSA) is 79.4 Å². The first-order valence-corrected chi connectivity index (χ1v) is 9.68. The fourth-order valence-corrected chi connectivity index (χ4v) is 3.82. The van der Waals surface area contributed by atoms with Crippen molar-refractivity contribution in [3.05, 3.63) is 35.5 Å². The number of pyridine rings is 2. The molecule has 4 heterocycles. The van der Waals surface area contributed by atoms with Crippen molar-refractivity contribution >= 4 is 17.7 Å². The number of aromatic nitrogens is 2. The van der Waals surface area contributed by atoms with Crippen LogP contribution >= 0.6 is 0 Å². The number of rotatable bonds is 4. The number of halogens is 2.